The van der Waals surface area contributed by atoms with Crippen LogP contribution in [0.2, 0.25) is 0 Å². The number of hydrogen-bond donors (Lipinski definition) is 1. The highest BCUT2D eigenvalue weighted by molar-refractivity contribution is 7.82. The molecular weight excluding hydrogens is 947 g/mol. The first-order valence-electron chi connectivity index (χ1n) is 33.6. The van der Waals surface area contributed by atoms with E-state index in [1.165, 1.54) is 348 Å². The molecule has 0 fully saturated rings. The molecule has 0 aliphatic heterocycles. The number of hydrogen-bond acceptors (Lipinski definition) is 6. The van der Waals surface area contributed by atoms with E-state index in [1.54, 1.807) is 0 Å². The van der Waals surface area contributed by atoms with Gasteiger partial charge in [0, 0.05) is 0 Å². The van der Waals surface area contributed by atoms with E-state index >= 15 is 0 Å². The van der Waals surface area contributed by atoms with Gasteiger partial charge in [0.15, 0.2) is 5.92 Å². The fraction of sp³-hybridized carbons (Fsp3) is 0.955. The Hall–Kier alpha value is -0.660. The van der Waals surface area contributed by atoms with Gasteiger partial charge in [0.05, 0.1) is 46.5 Å². The van der Waals surface area contributed by atoms with E-state index in [0.29, 0.717) is 4.99 Å². The Balaban J connectivity index is 4.02. The fourth-order valence-corrected chi connectivity index (χ4v) is 12.2. The van der Waals surface area contributed by atoms with Crippen molar-refractivity contribution in [2.45, 2.75) is 380 Å². The lowest BCUT2D eigenvalue weighted by atomic mass is 10.0. The molecular formula is C67H132NO4S2+. The van der Waals surface area contributed by atoms with Crippen LogP contribution in [-0.4, -0.2) is 48.1 Å². The van der Waals surface area contributed by atoms with Gasteiger partial charge in [-0.1, -0.05) is 348 Å². The van der Waals surface area contributed by atoms with Crippen LogP contribution in [0.5, 0.6) is 0 Å². The Kier molecular flexibility index (Phi) is 59.5. The van der Waals surface area contributed by atoms with Crippen LogP contribution in [0.3, 0.4) is 0 Å². The average Bonchev–Trinajstić information content (AvgIpc) is 3.41. The number of carbonyl (C=O) groups is 2. The van der Waals surface area contributed by atoms with E-state index < -0.39 is 17.9 Å². The van der Waals surface area contributed by atoms with E-state index in [9.17, 15) is 9.59 Å². The van der Waals surface area contributed by atoms with Gasteiger partial charge in [-0.05, 0) is 37.9 Å². The number of quaternary nitrogens is 1. The molecule has 74 heavy (non-hydrogen) atoms. The zero-order valence-corrected chi connectivity index (χ0v) is 52.4. The van der Waals surface area contributed by atoms with Crippen molar-refractivity contribution in [1.29, 1.82) is 0 Å². The lowest BCUT2D eigenvalue weighted by molar-refractivity contribution is -0.696. The number of thiocarbonyl (C=S) groups is 1. The van der Waals surface area contributed by atoms with Crippen LogP contribution in [0, 0.1) is 5.92 Å². The Bertz CT molecular complexity index is 1110. The maximum atomic E-state index is 12.9. The minimum absolute atomic E-state index is 0.0955. The monoisotopic (exact) mass is 1080 g/mol. The molecule has 440 valence electrons. The van der Waals surface area contributed by atoms with Gasteiger partial charge in [-0.25, -0.2) is 3.89 Å². The van der Waals surface area contributed by atoms with Gasteiger partial charge in [0.25, 0.3) is 0 Å². The lowest BCUT2D eigenvalue weighted by Crippen LogP contribution is -2.50. The lowest BCUT2D eigenvalue weighted by Gasteiger charge is -2.34. The summed E-state index contributed by atoms with van der Waals surface area (Å²) < 4.78 is 10.3. The second-order valence-corrected chi connectivity index (χ2v) is 24.8. The number of rotatable bonds is 62. The van der Waals surface area contributed by atoms with Crippen LogP contribution >= 0.6 is 25.0 Å². The highest BCUT2D eigenvalue weighted by Crippen LogP contribution is 2.27. The summed E-state index contributed by atoms with van der Waals surface area (Å²) in [5, 5.41) is 0. The molecule has 0 saturated heterocycles. The van der Waals surface area contributed by atoms with Crippen molar-refractivity contribution < 1.29 is 23.0 Å². The Morgan fingerprint density at radius 1 is 0.324 bits per heavy atom. The van der Waals surface area contributed by atoms with Crippen molar-refractivity contribution in [3.63, 3.8) is 0 Å². The molecule has 0 N–H and O–H groups in total. The highest BCUT2D eigenvalue weighted by atomic mass is 32.1. The summed E-state index contributed by atoms with van der Waals surface area (Å²) in [5.74, 6) is -1.74. The van der Waals surface area contributed by atoms with Crippen LogP contribution in [0.15, 0.2) is 0 Å². The first-order chi connectivity index (χ1) is 36.4. The molecule has 1 atom stereocenters. The molecule has 0 heterocycles. The predicted molar refractivity (Wildman–Crippen MR) is 334 cm³/mol. The second-order valence-electron chi connectivity index (χ2n) is 23.7. The minimum atomic E-state index is -0.822. The smallest absolute Gasteiger partial charge is 0.320 e. The molecule has 0 amide bonds. The Morgan fingerprint density at radius 2 is 0.500 bits per heavy atom. The summed E-state index contributed by atoms with van der Waals surface area (Å²) in [6, 6.07) is 0. The molecule has 0 spiro atoms. The van der Waals surface area contributed by atoms with Crippen LogP contribution in [0.4, 0.5) is 0 Å². The number of carbonyl (C=O) groups excluding carboxylic acids is 2. The summed E-state index contributed by atoms with van der Waals surface area (Å²) in [6.07, 6.45) is 77.8. The normalized spacial score (nSPS) is 12.2. The Morgan fingerprint density at radius 3 is 0.662 bits per heavy atom. The number of esters is 2. The summed E-state index contributed by atoms with van der Waals surface area (Å²) in [5.41, 5.74) is 0. The molecule has 5 nitrogen and oxygen atoms in total. The summed E-state index contributed by atoms with van der Waals surface area (Å²) >= 11 is 11.2. The summed E-state index contributed by atoms with van der Waals surface area (Å²) in [4.78, 5) is 25.7. The van der Waals surface area contributed by atoms with Gasteiger partial charge in [0.1, 0.15) is 0 Å². The van der Waals surface area contributed by atoms with Crippen molar-refractivity contribution in [2.24, 2.45) is 5.92 Å². The van der Waals surface area contributed by atoms with Crippen LogP contribution < -0.4 is 0 Å². The van der Waals surface area contributed by atoms with Crippen LogP contribution in [0.25, 0.3) is 0 Å². The van der Waals surface area contributed by atoms with Crippen molar-refractivity contribution >= 4 is 42.0 Å². The minimum Gasteiger partial charge on any atom is -0.469 e. The summed E-state index contributed by atoms with van der Waals surface area (Å²) in [6.45, 7) is 6.15. The van der Waals surface area contributed by atoms with E-state index in [4.69, 9.17) is 34.5 Å². The molecule has 0 aliphatic carbocycles. The largest absolute Gasteiger partial charge is 0.469 e. The number of ether oxygens (including phenoxy) is 2. The number of nitrogens with zero attached hydrogens (tertiary/aromatic N) is 1. The van der Waals surface area contributed by atoms with Gasteiger partial charge in [-0.15, -0.1) is 0 Å². The zero-order chi connectivity index (χ0) is 53.9. The van der Waals surface area contributed by atoms with E-state index in [0.717, 1.165) is 38.8 Å². The molecule has 0 aliphatic rings. The quantitative estimate of drug-likeness (QED) is 0.0216. The first kappa shape index (κ1) is 73.3. The standard InChI is InChI=1S/C67H132NO4S2/c1-5-7-9-11-13-15-17-19-21-23-25-27-29-31-33-35-37-39-41-43-45-47-49-51-53-55-57-59-61-68(74,66(73)64(67(70)72-4)63-65(69)71-3)62-60-58-56-54-52-50-48-46-44-42-40-38-36-34-32-30-28-26-24-22-20-18-16-14-12-10-8-6-2/h64,74H,5-63H2,1-4H3/q+1. The van der Waals surface area contributed by atoms with Gasteiger partial charge in [0.2, 0.25) is 4.99 Å². The van der Waals surface area contributed by atoms with Gasteiger partial charge >= 0.3 is 11.9 Å². The van der Waals surface area contributed by atoms with Crippen LogP contribution in [0.1, 0.15) is 380 Å². The van der Waals surface area contributed by atoms with Gasteiger partial charge in [-0.2, -0.15) is 0 Å². The maximum Gasteiger partial charge on any atom is 0.320 e. The molecule has 0 aromatic heterocycles. The van der Waals surface area contributed by atoms with Gasteiger partial charge < -0.3 is 9.47 Å². The molecule has 0 radical (unpaired) electrons. The van der Waals surface area contributed by atoms with Crippen molar-refractivity contribution in [3.05, 3.63) is 0 Å². The maximum absolute atomic E-state index is 12.9. The van der Waals surface area contributed by atoms with E-state index in [-0.39, 0.29) is 10.3 Å². The van der Waals surface area contributed by atoms with Gasteiger partial charge in [-0.3, -0.25) is 9.59 Å². The molecule has 0 saturated carbocycles. The summed E-state index contributed by atoms with van der Waals surface area (Å²) in [7, 11) is 2.73. The predicted octanol–water partition coefficient (Wildman–Crippen LogP) is 23.2. The molecule has 0 bridgehead atoms. The molecule has 0 rings (SSSR count). The van der Waals surface area contributed by atoms with Crippen molar-refractivity contribution in [2.75, 3.05) is 27.3 Å². The first-order valence-corrected chi connectivity index (χ1v) is 34.5. The third kappa shape index (κ3) is 50.8. The third-order valence-electron chi connectivity index (χ3n) is 16.6. The Labute approximate surface area is 475 Å². The highest BCUT2D eigenvalue weighted by Gasteiger charge is 2.41. The number of unbranched alkanes of at least 4 members (excludes halogenated alkanes) is 54. The number of methoxy groups -OCH3 is 2. The average molecular weight is 1080 g/mol. The van der Waals surface area contributed by atoms with E-state index in [1.807, 2.05) is 0 Å². The second kappa shape index (κ2) is 60.0. The SMILES string of the molecule is CCCCCCCCCCCCCCCCCCCCCCCCCCCCCC[N+](S)(CCCCCCCCCCCCCCCCCCCCCCCCCCCCCC)C(=S)C(CC(=O)OC)C(=O)OC. The number of thiol groups is 1. The van der Waals surface area contributed by atoms with Crippen LogP contribution in [-0.2, 0) is 19.1 Å². The van der Waals surface area contributed by atoms with Crippen molar-refractivity contribution in [1.82, 2.24) is 0 Å². The molecule has 0 aromatic rings. The van der Waals surface area contributed by atoms with Crippen molar-refractivity contribution in [3.8, 4) is 0 Å². The fourth-order valence-electron chi connectivity index (χ4n) is 11.4. The zero-order valence-electron chi connectivity index (χ0n) is 50.7. The molecule has 0 aromatic carbocycles. The van der Waals surface area contributed by atoms with E-state index in [2.05, 4.69) is 13.8 Å². The topological polar surface area (TPSA) is 52.6 Å². The molecule has 1 unspecified atom stereocenters. The molecule has 7 heteroatoms. The third-order valence-corrected chi connectivity index (χ3v) is 17.9.